The predicted molar refractivity (Wildman–Crippen MR) is 126 cm³/mol. The number of phenolic OH excluding ortho intramolecular Hbond substituents is 1. The molecule has 0 heterocycles. The highest BCUT2D eigenvalue weighted by molar-refractivity contribution is 6.09. The topological polar surface area (TPSA) is 99.1 Å². The van der Waals surface area contributed by atoms with Gasteiger partial charge in [0.1, 0.15) is 18.1 Å². The van der Waals surface area contributed by atoms with Crippen molar-refractivity contribution < 1.29 is 24.5 Å². The van der Waals surface area contributed by atoms with E-state index in [0.717, 1.165) is 11.1 Å². The minimum atomic E-state index is -1.17. The summed E-state index contributed by atoms with van der Waals surface area (Å²) in [7, 11) is 3.84. The van der Waals surface area contributed by atoms with E-state index in [1.807, 2.05) is 49.3 Å². The Balaban J connectivity index is 0.00000363. The first-order valence-corrected chi connectivity index (χ1v) is 9.70. The number of hydrogen-bond acceptors (Lipinski definition) is 5. The average Bonchev–Trinajstić information content (AvgIpc) is 2.75. The van der Waals surface area contributed by atoms with E-state index >= 15 is 0 Å². The lowest BCUT2D eigenvalue weighted by atomic mass is 10.0. The Hall–Kier alpha value is -3.55. The Morgan fingerprint density at radius 3 is 2.31 bits per heavy atom. The largest absolute Gasteiger partial charge is 0.507 e. The van der Waals surface area contributed by atoms with Gasteiger partial charge in [0.05, 0.1) is 16.8 Å². The van der Waals surface area contributed by atoms with E-state index in [9.17, 15) is 19.8 Å². The molecular weight excluding hydrogens is 432 g/mol. The monoisotopic (exact) mass is 456 g/mol. The summed E-state index contributed by atoms with van der Waals surface area (Å²) in [5.41, 5.74) is 1.71. The molecule has 0 aliphatic heterocycles. The highest BCUT2D eigenvalue weighted by Crippen LogP contribution is 2.28. The number of carbonyl (C=O) groups excluding carboxylic acids is 1. The quantitative estimate of drug-likeness (QED) is 0.465. The van der Waals surface area contributed by atoms with Gasteiger partial charge in [-0.25, -0.2) is 4.79 Å². The van der Waals surface area contributed by atoms with Crippen molar-refractivity contribution in [3.8, 4) is 22.6 Å². The Labute approximate surface area is 192 Å². The number of halogens is 1. The predicted octanol–water partition coefficient (Wildman–Crippen LogP) is 4.37. The molecule has 1 amide bonds. The van der Waals surface area contributed by atoms with E-state index in [4.69, 9.17) is 4.74 Å². The molecule has 0 radical (unpaired) electrons. The van der Waals surface area contributed by atoms with E-state index in [2.05, 4.69) is 5.32 Å². The van der Waals surface area contributed by atoms with Crippen LogP contribution in [0.15, 0.2) is 66.7 Å². The summed E-state index contributed by atoms with van der Waals surface area (Å²) in [6, 6.07) is 18.5. The van der Waals surface area contributed by atoms with Crippen LogP contribution in [0.1, 0.15) is 20.7 Å². The van der Waals surface area contributed by atoms with Crippen molar-refractivity contribution in [3.05, 3.63) is 77.9 Å². The lowest BCUT2D eigenvalue weighted by Gasteiger charge is -2.14. The number of aromatic hydroxyl groups is 1. The Bertz CT molecular complexity index is 1090. The zero-order valence-corrected chi connectivity index (χ0v) is 18.6. The summed E-state index contributed by atoms with van der Waals surface area (Å²) in [6.45, 7) is 1.11. The number of carbonyl (C=O) groups is 2. The number of amides is 1. The van der Waals surface area contributed by atoms with Crippen LogP contribution in [0.25, 0.3) is 11.1 Å². The van der Waals surface area contributed by atoms with Crippen LogP contribution in [0.5, 0.6) is 11.5 Å². The number of benzene rings is 3. The second-order valence-corrected chi connectivity index (χ2v) is 7.22. The van der Waals surface area contributed by atoms with Gasteiger partial charge < -0.3 is 25.2 Å². The third-order valence-corrected chi connectivity index (χ3v) is 4.63. The molecule has 0 aliphatic carbocycles. The lowest BCUT2D eigenvalue weighted by molar-refractivity contribution is 0.0698. The van der Waals surface area contributed by atoms with E-state index in [-0.39, 0.29) is 35.0 Å². The number of carboxylic acids is 1. The number of nitrogens with zero attached hydrogens (tertiary/aromatic N) is 1. The molecular formula is C24H25ClN2O5. The molecule has 7 nitrogen and oxygen atoms in total. The number of rotatable bonds is 8. The second-order valence-electron chi connectivity index (χ2n) is 7.22. The summed E-state index contributed by atoms with van der Waals surface area (Å²) in [5, 5.41) is 22.3. The first-order valence-electron chi connectivity index (χ1n) is 9.70. The molecule has 168 valence electrons. The van der Waals surface area contributed by atoms with Crippen molar-refractivity contribution in [2.24, 2.45) is 0 Å². The number of nitrogens with one attached hydrogen (secondary N) is 1. The Morgan fingerprint density at radius 2 is 1.66 bits per heavy atom. The molecule has 0 saturated heterocycles. The van der Waals surface area contributed by atoms with Crippen LogP contribution in [0, 0.1) is 0 Å². The molecule has 0 atom stereocenters. The third-order valence-electron chi connectivity index (χ3n) is 4.63. The van der Waals surface area contributed by atoms with Crippen molar-refractivity contribution in [2.75, 3.05) is 32.6 Å². The van der Waals surface area contributed by atoms with Gasteiger partial charge in [-0.15, -0.1) is 12.4 Å². The normalized spacial score (nSPS) is 10.3. The van der Waals surface area contributed by atoms with Crippen molar-refractivity contribution >= 4 is 30.0 Å². The zero-order chi connectivity index (χ0) is 22.4. The number of anilines is 1. The van der Waals surface area contributed by atoms with E-state index < -0.39 is 11.9 Å². The number of aromatic carboxylic acids is 1. The molecule has 3 aromatic rings. The zero-order valence-electron chi connectivity index (χ0n) is 17.7. The molecule has 8 heteroatoms. The molecule has 3 N–H and O–H groups in total. The number of likely N-dealkylation sites (N-methyl/N-ethyl adjacent to an activating group) is 1. The van der Waals surface area contributed by atoms with Gasteiger partial charge in [-0.1, -0.05) is 36.4 Å². The van der Waals surface area contributed by atoms with Gasteiger partial charge in [0.2, 0.25) is 0 Å². The molecule has 0 fully saturated rings. The maximum Gasteiger partial charge on any atom is 0.337 e. The molecule has 0 aromatic heterocycles. The smallest absolute Gasteiger partial charge is 0.337 e. The van der Waals surface area contributed by atoms with Crippen LogP contribution < -0.4 is 10.1 Å². The average molecular weight is 457 g/mol. The first-order chi connectivity index (χ1) is 14.8. The van der Waals surface area contributed by atoms with E-state index in [1.165, 1.54) is 18.2 Å². The van der Waals surface area contributed by atoms with Gasteiger partial charge in [0, 0.05) is 6.54 Å². The van der Waals surface area contributed by atoms with Crippen molar-refractivity contribution in [3.63, 3.8) is 0 Å². The van der Waals surface area contributed by atoms with Crippen molar-refractivity contribution in [2.45, 2.75) is 0 Å². The van der Waals surface area contributed by atoms with Gasteiger partial charge in [-0.05, 0) is 55.6 Å². The number of phenols is 1. The number of carboxylic acid groups (broad SMARTS) is 1. The molecule has 0 unspecified atom stereocenters. The highest BCUT2D eigenvalue weighted by atomic mass is 35.5. The fourth-order valence-electron chi connectivity index (χ4n) is 2.97. The van der Waals surface area contributed by atoms with Gasteiger partial charge >= 0.3 is 5.97 Å². The van der Waals surface area contributed by atoms with E-state index in [0.29, 0.717) is 18.9 Å². The van der Waals surface area contributed by atoms with Gasteiger partial charge in [-0.2, -0.15) is 0 Å². The first kappa shape index (κ1) is 24.7. The van der Waals surface area contributed by atoms with Gasteiger partial charge in [0.25, 0.3) is 5.91 Å². The summed E-state index contributed by atoms with van der Waals surface area (Å²) >= 11 is 0. The van der Waals surface area contributed by atoms with E-state index in [1.54, 1.807) is 18.2 Å². The Morgan fingerprint density at radius 1 is 0.938 bits per heavy atom. The third kappa shape index (κ3) is 6.23. The molecule has 0 bridgehead atoms. The summed E-state index contributed by atoms with van der Waals surface area (Å²) < 4.78 is 5.62. The molecule has 0 aliphatic rings. The summed E-state index contributed by atoms with van der Waals surface area (Å²) in [6.07, 6.45) is 0. The molecule has 0 spiro atoms. The molecule has 3 aromatic carbocycles. The fourth-order valence-corrected chi connectivity index (χ4v) is 2.97. The minimum Gasteiger partial charge on any atom is -0.507 e. The van der Waals surface area contributed by atoms with Crippen LogP contribution in [-0.2, 0) is 0 Å². The maximum absolute atomic E-state index is 12.9. The Kier molecular flexibility index (Phi) is 8.63. The fraction of sp³-hybridized carbons (Fsp3) is 0.167. The van der Waals surface area contributed by atoms with Crippen LogP contribution in [0.3, 0.4) is 0 Å². The summed E-state index contributed by atoms with van der Waals surface area (Å²) in [4.78, 5) is 26.5. The maximum atomic E-state index is 12.9. The van der Waals surface area contributed by atoms with Crippen molar-refractivity contribution in [1.29, 1.82) is 0 Å². The molecule has 32 heavy (non-hydrogen) atoms. The van der Waals surface area contributed by atoms with Crippen LogP contribution >= 0.6 is 12.4 Å². The van der Waals surface area contributed by atoms with Gasteiger partial charge in [-0.3, -0.25) is 4.79 Å². The highest BCUT2D eigenvalue weighted by Gasteiger charge is 2.18. The SMILES string of the molecule is CN(C)CCOc1ccc(O)c(C(=O)Nc2cc(-c3ccccc3)ccc2C(=O)O)c1.Cl. The van der Waals surface area contributed by atoms with Crippen molar-refractivity contribution in [1.82, 2.24) is 4.90 Å². The molecule has 0 saturated carbocycles. The number of hydrogen-bond donors (Lipinski definition) is 3. The van der Waals surface area contributed by atoms with Gasteiger partial charge in [0.15, 0.2) is 0 Å². The molecule has 3 rings (SSSR count). The van der Waals surface area contributed by atoms with Crippen LogP contribution in [0.2, 0.25) is 0 Å². The number of ether oxygens (including phenoxy) is 1. The lowest BCUT2D eigenvalue weighted by Crippen LogP contribution is -2.19. The second kappa shape index (κ2) is 11.2. The van der Waals surface area contributed by atoms with Crippen LogP contribution in [0.4, 0.5) is 5.69 Å². The minimum absolute atomic E-state index is 0. The summed E-state index contributed by atoms with van der Waals surface area (Å²) in [5.74, 6) is -1.60. The standard InChI is InChI=1S/C24H24N2O5.ClH/c1-26(2)12-13-31-18-9-11-22(27)20(15-18)23(28)25-21-14-17(8-10-19(21)24(29)30)16-6-4-3-5-7-16;/h3-11,14-15,27H,12-13H2,1-2H3,(H,25,28)(H,29,30);1H. The van der Waals surface area contributed by atoms with Crippen LogP contribution in [-0.4, -0.2) is 54.2 Å².